The molecule has 1 rings (SSSR count). The Morgan fingerprint density at radius 2 is 1.78 bits per heavy atom. The van der Waals surface area contributed by atoms with Crippen LogP contribution in [-0.4, -0.2) is 26.0 Å². The molecule has 5 nitrogen and oxygen atoms in total. The van der Waals surface area contributed by atoms with Gasteiger partial charge in [-0.3, -0.25) is 4.79 Å². The molecule has 1 aromatic rings. The Kier molecular flexibility index (Phi) is 14.4. The third-order valence-corrected chi connectivity index (χ3v) is 6.08. The number of hydrogen-bond acceptors (Lipinski definition) is 5. The molecule has 0 saturated carbocycles. The Bertz CT molecular complexity index is 1050. The average molecular weight is 509 g/mol. The molecular formula is C30H44N4OS. The number of thiol groups is 1. The predicted molar refractivity (Wildman–Crippen MR) is 159 cm³/mol. The van der Waals surface area contributed by atoms with E-state index in [-0.39, 0.29) is 0 Å². The number of hydrogen-bond donors (Lipinski definition) is 5. The molecule has 6 heteroatoms. The first kappa shape index (κ1) is 31.1. The summed E-state index contributed by atoms with van der Waals surface area (Å²) in [7, 11) is 0. The van der Waals surface area contributed by atoms with Gasteiger partial charge in [-0.25, -0.2) is 0 Å². The number of carbonyl (C=O) groups excluding carboxylic acids is 1. The fraction of sp³-hybridized carbons (Fsp3) is 0.367. The lowest BCUT2D eigenvalue weighted by atomic mass is 9.93. The molecule has 0 aliphatic rings. The van der Waals surface area contributed by atoms with Gasteiger partial charge in [-0.05, 0) is 87.6 Å². The number of nitrogens with one attached hydrogen (secondary N) is 3. The Morgan fingerprint density at radius 1 is 1.08 bits per heavy atom. The van der Waals surface area contributed by atoms with Gasteiger partial charge >= 0.3 is 0 Å². The standard InChI is InChI=1S/C30H44N4OS/c1-8-12-25(29-22(5)13-11-14-28(29)36)19-26(27(9-2)34-20-35)21(4)15-16-23(6)30(24(7)31)33-18-17-32-10-3/h9,11-16,19-20,32-33,36H,8,10,17-18,31H2,1-7H3,(H,34,35)/b21-15+,23-16+,25-12-,26-19-,27-9+,30-24+. The van der Waals surface area contributed by atoms with Crippen LogP contribution in [0.15, 0.2) is 87.3 Å². The third kappa shape index (κ3) is 9.59. The van der Waals surface area contributed by atoms with E-state index in [1.807, 2.05) is 45.9 Å². The summed E-state index contributed by atoms with van der Waals surface area (Å²) in [6, 6.07) is 6.10. The zero-order chi connectivity index (χ0) is 27.1. The first-order chi connectivity index (χ1) is 17.2. The fourth-order valence-electron chi connectivity index (χ4n) is 3.89. The molecular weight excluding hydrogens is 464 g/mol. The average Bonchev–Trinajstić information content (AvgIpc) is 2.84. The maximum absolute atomic E-state index is 11.4. The molecule has 1 amide bonds. The number of nitrogens with two attached hydrogens (primary N) is 1. The summed E-state index contributed by atoms with van der Waals surface area (Å²) in [6.45, 7) is 16.8. The maximum Gasteiger partial charge on any atom is 0.211 e. The number of carbonyl (C=O) groups is 1. The van der Waals surface area contributed by atoms with E-state index in [1.54, 1.807) is 0 Å². The molecule has 0 heterocycles. The van der Waals surface area contributed by atoms with Crippen LogP contribution in [0, 0.1) is 6.92 Å². The van der Waals surface area contributed by atoms with Crippen LogP contribution < -0.4 is 21.7 Å². The van der Waals surface area contributed by atoms with Crippen molar-refractivity contribution >= 4 is 24.6 Å². The molecule has 0 aliphatic heterocycles. The molecule has 0 atom stereocenters. The normalized spacial score (nSPS) is 14.5. The summed E-state index contributed by atoms with van der Waals surface area (Å²) >= 11 is 4.73. The second kappa shape index (κ2) is 16.7. The van der Waals surface area contributed by atoms with E-state index < -0.39 is 0 Å². The monoisotopic (exact) mass is 508 g/mol. The molecule has 0 aliphatic carbocycles. The molecule has 0 bridgehead atoms. The largest absolute Gasteiger partial charge is 0.401 e. The lowest BCUT2D eigenvalue weighted by molar-refractivity contribution is -0.108. The van der Waals surface area contributed by atoms with Gasteiger partial charge in [0.25, 0.3) is 0 Å². The van der Waals surface area contributed by atoms with E-state index in [1.165, 1.54) is 0 Å². The summed E-state index contributed by atoms with van der Waals surface area (Å²) in [5.74, 6) is 0. The highest BCUT2D eigenvalue weighted by Crippen LogP contribution is 2.31. The Balaban J connectivity index is 3.56. The van der Waals surface area contributed by atoms with Crippen molar-refractivity contribution in [3.8, 4) is 0 Å². The lowest BCUT2D eigenvalue weighted by Gasteiger charge is -2.16. The first-order valence-electron chi connectivity index (χ1n) is 12.6. The minimum atomic E-state index is 0.714. The highest BCUT2D eigenvalue weighted by Gasteiger charge is 2.12. The second-order valence-electron chi connectivity index (χ2n) is 8.60. The predicted octanol–water partition coefficient (Wildman–Crippen LogP) is 5.94. The van der Waals surface area contributed by atoms with Crippen LogP contribution in [-0.2, 0) is 4.79 Å². The van der Waals surface area contributed by atoms with Gasteiger partial charge in [0.05, 0.1) is 5.70 Å². The van der Waals surface area contributed by atoms with Crippen LogP contribution in [0.5, 0.6) is 0 Å². The molecule has 36 heavy (non-hydrogen) atoms. The molecule has 196 valence electrons. The fourth-order valence-corrected chi connectivity index (χ4v) is 4.28. The number of likely N-dealkylation sites (N-methyl/N-ethyl adjacent to an activating group) is 1. The summed E-state index contributed by atoms with van der Waals surface area (Å²) in [5, 5.41) is 9.61. The molecule has 0 fully saturated rings. The van der Waals surface area contributed by atoms with Crippen molar-refractivity contribution in [2.45, 2.75) is 59.8 Å². The van der Waals surface area contributed by atoms with E-state index in [4.69, 9.17) is 18.4 Å². The van der Waals surface area contributed by atoms with Gasteiger partial charge in [0.1, 0.15) is 0 Å². The van der Waals surface area contributed by atoms with Gasteiger partial charge in [-0.1, -0.05) is 50.3 Å². The number of amides is 1. The van der Waals surface area contributed by atoms with E-state index in [0.29, 0.717) is 6.41 Å². The minimum Gasteiger partial charge on any atom is -0.401 e. The van der Waals surface area contributed by atoms with Crippen LogP contribution in [0.2, 0.25) is 0 Å². The van der Waals surface area contributed by atoms with Crippen molar-refractivity contribution in [1.82, 2.24) is 16.0 Å². The van der Waals surface area contributed by atoms with Crippen molar-refractivity contribution in [3.05, 3.63) is 93.5 Å². The van der Waals surface area contributed by atoms with Crippen molar-refractivity contribution in [2.75, 3.05) is 19.6 Å². The second-order valence-corrected chi connectivity index (χ2v) is 9.08. The number of aryl methyl sites for hydroxylation is 1. The van der Waals surface area contributed by atoms with Crippen LogP contribution in [0.3, 0.4) is 0 Å². The molecule has 0 radical (unpaired) electrons. The highest BCUT2D eigenvalue weighted by molar-refractivity contribution is 7.80. The zero-order valence-electron chi connectivity index (χ0n) is 23.0. The Hall–Kier alpha value is -2.96. The van der Waals surface area contributed by atoms with Gasteiger partial charge in [0.15, 0.2) is 0 Å². The zero-order valence-corrected chi connectivity index (χ0v) is 23.9. The topological polar surface area (TPSA) is 79.2 Å². The first-order valence-corrected chi connectivity index (χ1v) is 13.0. The summed E-state index contributed by atoms with van der Waals surface area (Å²) in [4.78, 5) is 12.3. The van der Waals surface area contributed by atoms with Gasteiger partial charge in [-0.2, -0.15) is 0 Å². The van der Waals surface area contributed by atoms with E-state index >= 15 is 0 Å². The van der Waals surface area contributed by atoms with Crippen LogP contribution in [0.25, 0.3) is 5.57 Å². The smallest absolute Gasteiger partial charge is 0.211 e. The maximum atomic E-state index is 11.4. The SMILES string of the molecule is C\C=C(NC=O)/C(=C\C(=C\CC)c1c(C)cccc1S)C(/C)=C/C=C(C)/C(NCCNCC)=C(/C)N. The van der Waals surface area contributed by atoms with E-state index in [0.717, 1.165) is 81.5 Å². The Morgan fingerprint density at radius 3 is 2.33 bits per heavy atom. The number of rotatable bonds is 14. The van der Waals surface area contributed by atoms with Gasteiger partial charge in [0, 0.05) is 35.0 Å². The third-order valence-electron chi connectivity index (χ3n) is 5.71. The molecule has 1 aromatic carbocycles. The lowest BCUT2D eigenvalue weighted by Crippen LogP contribution is -2.28. The van der Waals surface area contributed by atoms with Crippen molar-refractivity contribution < 1.29 is 4.79 Å². The van der Waals surface area contributed by atoms with Gasteiger partial charge in [-0.15, -0.1) is 12.6 Å². The molecule has 0 aromatic heterocycles. The van der Waals surface area contributed by atoms with Crippen LogP contribution in [0.1, 0.15) is 59.1 Å². The molecule has 0 saturated heterocycles. The highest BCUT2D eigenvalue weighted by atomic mass is 32.1. The number of allylic oxidation sites excluding steroid dienone is 9. The van der Waals surface area contributed by atoms with Crippen molar-refractivity contribution in [2.24, 2.45) is 5.73 Å². The van der Waals surface area contributed by atoms with Crippen molar-refractivity contribution in [3.63, 3.8) is 0 Å². The summed E-state index contributed by atoms with van der Waals surface area (Å²) in [6.07, 6.45) is 11.9. The Labute approximate surface area is 223 Å². The van der Waals surface area contributed by atoms with Gasteiger partial charge in [0.2, 0.25) is 6.41 Å². The van der Waals surface area contributed by atoms with E-state index in [2.05, 4.69) is 67.1 Å². The quantitative estimate of drug-likeness (QED) is 0.0933. The van der Waals surface area contributed by atoms with E-state index in [9.17, 15) is 4.79 Å². The summed E-state index contributed by atoms with van der Waals surface area (Å²) in [5.41, 5.74) is 14.9. The minimum absolute atomic E-state index is 0.714. The van der Waals surface area contributed by atoms with Crippen LogP contribution in [0.4, 0.5) is 0 Å². The van der Waals surface area contributed by atoms with Gasteiger partial charge < -0.3 is 21.7 Å². The molecule has 0 unspecified atom stereocenters. The summed E-state index contributed by atoms with van der Waals surface area (Å²) < 4.78 is 0. The molecule has 0 spiro atoms. The van der Waals surface area contributed by atoms with Crippen LogP contribution >= 0.6 is 12.6 Å². The molecule has 5 N–H and O–H groups in total. The van der Waals surface area contributed by atoms with Crippen molar-refractivity contribution in [1.29, 1.82) is 0 Å². The number of benzene rings is 1.